The van der Waals surface area contributed by atoms with E-state index >= 15 is 0 Å². The van der Waals surface area contributed by atoms with Crippen molar-refractivity contribution < 1.29 is 9.18 Å². The zero-order chi connectivity index (χ0) is 12.1. The Hall–Kier alpha value is -2.03. The summed E-state index contributed by atoms with van der Waals surface area (Å²) in [5, 5.41) is 0. The molecule has 17 heavy (non-hydrogen) atoms. The highest BCUT2D eigenvalue weighted by Crippen LogP contribution is 2.20. The Morgan fingerprint density at radius 2 is 1.94 bits per heavy atom. The van der Waals surface area contributed by atoms with E-state index in [1.807, 2.05) is 18.2 Å². The Balaban J connectivity index is 2.24. The second kappa shape index (κ2) is 5.34. The fourth-order valence-corrected chi connectivity index (χ4v) is 1.75. The highest BCUT2D eigenvalue weighted by molar-refractivity contribution is 5.62. The van der Waals surface area contributed by atoms with Gasteiger partial charge in [-0.1, -0.05) is 24.3 Å². The lowest BCUT2D eigenvalue weighted by molar-refractivity contribution is -0.109. The van der Waals surface area contributed by atoms with Crippen LogP contribution in [0.1, 0.15) is 17.2 Å². The maximum atomic E-state index is 13.6. The van der Waals surface area contributed by atoms with Gasteiger partial charge in [0.05, 0.1) is 0 Å². The van der Waals surface area contributed by atoms with Crippen LogP contribution in [0.5, 0.6) is 0 Å². The summed E-state index contributed by atoms with van der Waals surface area (Å²) in [6.45, 7) is 0. The highest BCUT2D eigenvalue weighted by Gasteiger charge is 2.15. The van der Waals surface area contributed by atoms with Gasteiger partial charge < -0.3 is 4.79 Å². The first-order chi connectivity index (χ1) is 8.31. The van der Waals surface area contributed by atoms with Crippen LogP contribution in [0.2, 0.25) is 0 Å². The number of carbonyl (C=O) groups excluding carboxylic acids is 1. The van der Waals surface area contributed by atoms with Crippen molar-refractivity contribution in [3.63, 3.8) is 0 Å². The predicted octanol–water partition coefficient (Wildman–Crippen LogP) is 2.75. The second-order valence-electron chi connectivity index (χ2n) is 3.79. The predicted molar refractivity (Wildman–Crippen MR) is 63.1 cm³/mol. The van der Waals surface area contributed by atoms with Crippen molar-refractivity contribution in [1.29, 1.82) is 0 Å². The summed E-state index contributed by atoms with van der Waals surface area (Å²) < 4.78 is 13.6. The summed E-state index contributed by atoms with van der Waals surface area (Å²) in [4.78, 5) is 15.2. The van der Waals surface area contributed by atoms with E-state index in [0.29, 0.717) is 12.0 Å². The van der Waals surface area contributed by atoms with E-state index in [0.717, 1.165) is 12.0 Å². The van der Waals surface area contributed by atoms with E-state index in [9.17, 15) is 9.18 Å². The third kappa shape index (κ3) is 2.75. The molecule has 86 valence electrons. The number of benzene rings is 1. The monoisotopic (exact) mass is 229 g/mol. The second-order valence-corrected chi connectivity index (χ2v) is 3.79. The number of rotatable bonds is 4. The maximum Gasteiger partial charge on any atom is 0.127 e. The van der Waals surface area contributed by atoms with Gasteiger partial charge in [0.25, 0.3) is 0 Å². The average Bonchev–Trinajstić information content (AvgIpc) is 2.38. The van der Waals surface area contributed by atoms with E-state index in [1.165, 1.54) is 6.07 Å². The number of hydrogen-bond acceptors (Lipinski definition) is 2. The van der Waals surface area contributed by atoms with Gasteiger partial charge in [0.2, 0.25) is 0 Å². The quantitative estimate of drug-likeness (QED) is 0.754. The lowest BCUT2D eigenvalue weighted by Crippen LogP contribution is -2.07. The molecule has 3 heteroatoms. The molecule has 1 atom stereocenters. The molecule has 0 amide bonds. The van der Waals surface area contributed by atoms with Gasteiger partial charge in [-0.3, -0.25) is 4.98 Å². The minimum absolute atomic E-state index is 0.347. The van der Waals surface area contributed by atoms with Crippen LogP contribution in [0.4, 0.5) is 4.39 Å². The molecule has 0 saturated heterocycles. The average molecular weight is 229 g/mol. The van der Waals surface area contributed by atoms with Crippen LogP contribution in [-0.2, 0) is 11.2 Å². The summed E-state index contributed by atoms with van der Waals surface area (Å²) in [5.74, 6) is -0.827. The van der Waals surface area contributed by atoms with Crippen molar-refractivity contribution in [2.75, 3.05) is 0 Å². The molecule has 0 aliphatic rings. The molecule has 2 aromatic rings. The molecule has 0 fully saturated rings. The Bertz CT molecular complexity index is 499. The molecule has 0 aliphatic carbocycles. The standard InChI is InChI=1S/C14H12FNO/c15-14-7-2-1-6-13(14)11(10-17)9-12-5-3-4-8-16-12/h1-8,10-11H,9H2. The first-order valence-electron chi connectivity index (χ1n) is 5.41. The van der Waals surface area contributed by atoms with Crippen LogP contribution in [0.15, 0.2) is 48.7 Å². The van der Waals surface area contributed by atoms with Crippen LogP contribution < -0.4 is 0 Å². The van der Waals surface area contributed by atoms with Crippen LogP contribution >= 0.6 is 0 Å². The van der Waals surface area contributed by atoms with Gasteiger partial charge in [0, 0.05) is 24.2 Å². The van der Waals surface area contributed by atoms with Crippen molar-refractivity contribution >= 4 is 6.29 Å². The topological polar surface area (TPSA) is 30.0 Å². The first-order valence-corrected chi connectivity index (χ1v) is 5.41. The summed E-state index contributed by atoms with van der Waals surface area (Å²) >= 11 is 0. The van der Waals surface area contributed by atoms with Gasteiger partial charge >= 0.3 is 0 Å². The van der Waals surface area contributed by atoms with E-state index in [4.69, 9.17) is 0 Å². The van der Waals surface area contributed by atoms with Gasteiger partial charge in [0.1, 0.15) is 12.1 Å². The van der Waals surface area contributed by atoms with Gasteiger partial charge in [-0.15, -0.1) is 0 Å². The summed E-state index contributed by atoms with van der Waals surface area (Å²) in [7, 11) is 0. The van der Waals surface area contributed by atoms with Crippen molar-refractivity contribution in [2.24, 2.45) is 0 Å². The van der Waals surface area contributed by atoms with Crippen LogP contribution in [0.3, 0.4) is 0 Å². The first kappa shape index (κ1) is 11.5. The van der Waals surface area contributed by atoms with Gasteiger partial charge in [-0.2, -0.15) is 0 Å². The zero-order valence-corrected chi connectivity index (χ0v) is 9.21. The third-order valence-electron chi connectivity index (χ3n) is 2.62. The van der Waals surface area contributed by atoms with E-state index in [1.54, 1.807) is 24.4 Å². The molecule has 1 unspecified atom stereocenters. The number of aromatic nitrogens is 1. The van der Waals surface area contributed by atoms with Crippen molar-refractivity contribution in [3.05, 3.63) is 65.7 Å². The molecule has 1 aromatic carbocycles. The van der Waals surface area contributed by atoms with E-state index < -0.39 is 5.92 Å². The number of pyridine rings is 1. The summed E-state index contributed by atoms with van der Waals surface area (Å²) in [6, 6.07) is 11.8. The SMILES string of the molecule is O=CC(Cc1ccccn1)c1ccccc1F. The Morgan fingerprint density at radius 3 is 2.59 bits per heavy atom. The largest absolute Gasteiger partial charge is 0.303 e. The number of carbonyl (C=O) groups is 1. The Kier molecular flexibility index (Phi) is 3.60. The molecule has 1 heterocycles. The molecule has 1 aromatic heterocycles. The lowest BCUT2D eigenvalue weighted by atomic mass is 9.95. The highest BCUT2D eigenvalue weighted by atomic mass is 19.1. The molecular formula is C14H12FNO. The zero-order valence-electron chi connectivity index (χ0n) is 9.21. The fourth-order valence-electron chi connectivity index (χ4n) is 1.75. The summed E-state index contributed by atoms with van der Waals surface area (Å²) in [5.41, 5.74) is 1.21. The van der Waals surface area contributed by atoms with Crippen LogP contribution in [-0.4, -0.2) is 11.3 Å². The molecule has 0 saturated carbocycles. The van der Waals surface area contributed by atoms with E-state index in [-0.39, 0.29) is 5.82 Å². The number of nitrogens with zero attached hydrogens (tertiary/aromatic N) is 1. The minimum Gasteiger partial charge on any atom is -0.303 e. The van der Waals surface area contributed by atoms with Crippen molar-refractivity contribution in [3.8, 4) is 0 Å². The Morgan fingerprint density at radius 1 is 1.18 bits per heavy atom. The fraction of sp³-hybridized carbons (Fsp3) is 0.143. The van der Waals surface area contributed by atoms with Gasteiger partial charge in [0.15, 0.2) is 0 Å². The van der Waals surface area contributed by atoms with Crippen molar-refractivity contribution in [1.82, 2.24) is 4.98 Å². The molecule has 0 radical (unpaired) electrons. The van der Waals surface area contributed by atoms with Gasteiger partial charge in [-0.25, -0.2) is 4.39 Å². The molecule has 2 nitrogen and oxygen atoms in total. The normalized spacial score (nSPS) is 12.1. The van der Waals surface area contributed by atoms with Crippen LogP contribution in [0.25, 0.3) is 0 Å². The van der Waals surface area contributed by atoms with Gasteiger partial charge in [-0.05, 0) is 23.8 Å². The number of aldehydes is 1. The maximum absolute atomic E-state index is 13.6. The molecule has 0 bridgehead atoms. The number of hydrogen-bond donors (Lipinski definition) is 0. The molecule has 0 spiro atoms. The molecular weight excluding hydrogens is 217 g/mol. The lowest BCUT2D eigenvalue weighted by Gasteiger charge is -2.10. The number of halogens is 1. The smallest absolute Gasteiger partial charge is 0.127 e. The molecule has 2 rings (SSSR count). The van der Waals surface area contributed by atoms with Crippen LogP contribution in [0, 0.1) is 5.82 Å². The van der Waals surface area contributed by atoms with Crippen molar-refractivity contribution in [2.45, 2.75) is 12.3 Å². The van der Waals surface area contributed by atoms with E-state index in [2.05, 4.69) is 4.98 Å². The summed E-state index contributed by atoms with van der Waals surface area (Å²) in [6.07, 6.45) is 2.86. The third-order valence-corrected chi connectivity index (χ3v) is 2.62. The minimum atomic E-state index is -0.480. The molecule has 0 aliphatic heterocycles. The Labute approximate surface area is 99.1 Å². The molecule has 0 N–H and O–H groups in total.